The molecule has 2 aromatic rings. The predicted octanol–water partition coefficient (Wildman–Crippen LogP) is 4.75. The summed E-state index contributed by atoms with van der Waals surface area (Å²) in [6.07, 6.45) is -2.72. The lowest BCUT2D eigenvalue weighted by molar-refractivity contribution is -0.137. The Morgan fingerprint density at radius 3 is 2.76 bits per heavy atom. The highest BCUT2D eigenvalue weighted by molar-refractivity contribution is 6.29. The Balaban J connectivity index is 2.15. The van der Waals surface area contributed by atoms with E-state index in [1.807, 2.05) is 6.07 Å². The average molecular weight is 314 g/mol. The Morgan fingerprint density at radius 2 is 2.00 bits per heavy atom. The van der Waals surface area contributed by atoms with E-state index in [0.717, 1.165) is 30.5 Å². The van der Waals surface area contributed by atoms with E-state index in [0.29, 0.717) is 17.9 Å². The van der Waals surface area contributed by atoms with Gasteiger partial charge in [0.05, 0.1) is 17.9 Å². The average Bonchev–Trinajstić information content (AvgIpc) is 2.45. The second kappa shape index (κ2) is 5.22. The smallest absolute Gasteiger partial charge is 0.416 e. The fraction of sp³-hybridized carbons (Fsp3) is 0.267. The SMILES string of the molecule is FC(F)(F)c1cc(Cl)nc(-c2cccc3c2OCCC3)c1. The highest BCUT2D eigenvalue weighted by Crippen LogP contribution is 2.38. The molecule has 2 heterocycles. The maximum absolute atomic E-state index is 12.9. The van der Waals surface area contributed by atoms with Gasteiger partial charge in [-0.3, -0.25) is 0 Å². The van der Waals surface area contributed by atoms with Crippen LogP contribution >= 0.6 is 11.6 Å². The minimum atomic E-state index is -4.46. The number of aromatic nitrogens is 1. The maximum atomic E-state index is 12.9. The van der Waals surface area contributed by atoms with Crippen LogP contribution in [-0.4, -0.2) is 11.6 Å². The van der Waals surface area contributed by atoms with Crippen molar-refractivity contribution in [2.45, 2.75) is 19.0 Å². The Hall–Kier alpha value is -1.75. The summed E-state index contributed by atoms with van der Waals surface area (Å²) in [6, 6.07) is 7.22. The second-order valence-corrected chi connectivity index (χ2v) is 5.19. The summed E-state index contributed by atoms with van der Waals surface area (Å²) in [5, 5.41) is -0.187. The van der Waals surface area contributed by atoms with Crippen molar-refractivity contribution in [3.63, 3.8) is 0 Å². The highest BCUT2D eigenvalue weighted by atomic mass is 35.5. The molecular formula is C15H11ClF3NO. The Kier molecular flexibility index (Phi) is 3.53. The van der Waals surface area contributed by atoms with Gasteiger partial charge in [-0.1, -0.05) is 23.7 Å². The lowest BCUT2D eigenvalue weighted by Gasteiger charge is -2.20. The molecule has 3 rings (SSSR count). The van der Waals surface area contributed by atoms with Crippen LogP contribution in [0.1, 0.15) is 17.5 Å². The Morgan fingerprint density at radius 1 is 1.19 bits per heavy atom. The molecule has 0 bridgehead atoms. The van der Waals surface area contributed by atoms with Gasteiger partial charge in [-0.05, 0) is 36.6 Å². The van der Waals surface area contributed by atoms with E-state index in [9.17, 15) is 13.2 Å². The molecule has 0 fully saturated rings. The van der Waals surface area contributed by atoms with Gasteiger partial charge in [0.25, 0.3) is 0 Å². The quantitative estimate of drug-likeness (QED) is 0.709. The Bertz CT molecular complexity index is 685. The zero-order valence-electron chi connectivity index (χ0n) is 10.9. The van der Waals surface area contributed by atoms with Crippen LogP contribution in [0.2, 0.25) is 5.15 Å². The van der Waals surface area contributed by atoms with Gasteiger partial charge in [-0.15, -0.1) is 0 Å². The van der Waals surface area contributed by atoms with Crippen molar-refractivity contribution in [3.8, 4) is 17.0 Å². The summed E-state index contributed by atoms with van der Waals surface area (Å²) < 4.78 is 44.3. The van der Waals surface area contributed by atoms with Crippen LogP contribution in [0.25, 0.3) is 11.3 Å². The standard InChI is InChI=1S/C15H11ClF3NO/c16-13-8-10(15(17,18)19)7-12(20-13)11-5-1-3-9-4-2-6-21-14(9)11/h1,3,5,7-8H,2,4,6H2. The van der Waals surface area contributed by atoms with Gasteiger partial charge in [-0.25, -0.2) is 4.98 Å². The molecule has 6 heteroatoms. The summed E-state index contributed by atoms with van der Waals surface area (Å²) in [5.74, 6) is 0.603. The molecule has 0 aliphatic carbocycles. The maximum Gasteiger partial charge on any atom is 0.416 e. The normalized spacial score (nSPS) is 14.5. The van der Waals surface area contributed by atoms with Gasteiger partial charge in [0.1, 0.15) is 10.9 Å². The molecule has 1 aromatic heterocycles. The number of fused-ring (bicyclic) bond motifs is 1. The minimum absolute atomic E-state index is 0.175. The number of nitrogens with zero attached hydrogens (tertiary/aromatic N) is 1. The number of alkyl halides is 3. The third-order valence-electron chi connectivity index (χ3n) is 3.33. The highest BCUT2D eigenvalue weighted by Gasteiger charge is 2.32. The summed E-state index contributed by atoms with van der Waals surface area (Å²) in [5.41, 5.74) is 0.883. The van der Waals surface area contributed by atoms with E-state index in [1.54, 1.807) is 12.1 Å². The minimum Gasteiger partial charge on any atom is -0.493 e. The van der Waals surface area contributed by atoms with Crippen LogP contribution < -0.4 is 4.74 Å². The van der Waals surface area contributed by atoms with Crippen molar-refractivity contribution >= 4 is 11.6 Å². The number of hydrogen-bond donors (Lipinski definition) is 0. The third kappa shape index (κ3) is 2.83. The number of pyridine rings is 1. The molecule has 0 saturated carbocycles. The van der Waals surface area contributed by atoms with Crippen molar-refractivity contribution in [1.82, 2.24) is 4.98 Å². The Labute approximate surface area is 124 Å². The molecule has 110 valence electrons. The van der Waals surface area contributed by atoms with E-state index < -0.39 is 11.7 Å². The van der Waals surface area contributed by atoms with Crippen LogP contribution in [0.3, 0.4) is 0 Å². The van der Waals surface area contributed by atoms with Gasteiger partial charge >= 0.3 is 6.18 Å². The molecule has 0 atom stereocenters. The van der Waals surface area contributed by atoms with Gasteiger partial charge < -0.3 is 4.74 Å². The molecule has 1 aliphatic rings. The summed E-state index contributed by atoms with van der Waals surface area (Å²) in [7, 11) is 0. The number of benzene rings is 1. The number of ether oxygens (including phenoxy) is 1. The van der Waals surface area contributed by atoms with Crippen LogP contribution in [0.5, 0.6) is 5.75 Å². The molecule has 1 aromatic carbocycles. The van der Waals surface area contributed by atoms with Crippen molar-refractivity contribution in [2.24, 2.45) is 0 Å². The van der Waals surface area contributed by atoms with Crippen molar-refractivity contribution in [2.75, 3.05) is 6.61 Å². The molecule has 0 radical (unpaired) electrons. The first-order valence-electron chi connectivity index (χ1n) is 6.45. The number of para-hydroxylation sites is 1. The van der Waals surface area contributed by atoms with Gasteiger partial charge in [-0.2, -0.15) is 13.2 Å². The molecule has 21 heavy (non-hydrogen) atoms. The zero-order valence-corrected chi connectivity index (χ0v) is 11.6. The first-order valence-corrected chi connectivity index (χ1v) is 6.83. The summed E-state index contributed by atoms with van der Waals surface area (Å²) >= 11 is 5.74. The third-order valence-corrected chi connectivity index (χ3v) is 3.52. The van der Waals surface area contributed by atoms with Crippen LogP contribution in [-0.2, 0) is 12.6 Å². The molecule has 0 unspecified atom stereocenters. The van der Waals surface area contributed by atoms with Gasteiger partial charge in [0.15, 0.2) is 0 Å². The fourth-order valence-electron chi connectivity index (χ4n) is 2.39. The first kappa shape index (κ1) is 14.2. The number of aryl methyl sites for hydroxylation is 1. The molecule has 1 aliphatic heterocycles. The van der Waals surface area contributed by atoms with Crippen LogP contribution in [0.15, 0.2) is 30.3 Å². The van der Waals surface area contributed by atoms with Gasteiger partial charge in [0, 0.05) is 5.56 Å². The molecule has 2 nitrogen and oxygen atoms in total. The topological polar surface area (TPSA) is 22.1 Å². The van der Waals surface area contributed by atoms with Crippen LogP contribution in [0.4, 0.5) is 13.2 Å². The van der Waals surface area contributed by atoms with E-state index in [2.05, 4.69) is 4.98 Å². The van der Waals surface area contributed by atoms with Crippen LogP contribution in [0, 0.1) is 0 Å². The van der Waals surface area contributed by atoms with E-state index in [4.69, 9.17) is 16.3 Å². The summed E-state index contributed by atoms with van der Waals surface area (Å²) in [6.45, 7) is 0.552. The number of hydrogen-bond acceptors (Lipinski definition) is 2. The molecular weight excluding hydrogens is 303 g/mol. The molecule has 0 amide bonds. The largest absolute Gasteiger partial charge is 0.493 e. The second-order valence-electron chi connectivity index (χ2n) is 4.81. The predicted molar refractivity (Wildman–Crippen MR) is 73.5 cm³/mol. The monoisotopic (exact) mass is 313 g/mol. The molecule has 0 N–H and O–H groups in total. The van der Waals surface area contributed by atoms with E-state index in [1.165, 1.54) is 0 Å². The molecule has 0 saturated heterocycles. The lowest BCUT2D eigenvalue weighted by Crippen LogP contribution is -2.10. The molecule has 0 spiro atoms. The summed E-state index contributed by atoms with van der Waals surface area (Å²) in [4.78, 5) is 4.01. The van der Waals surface area contributed by atoms with Crippen molar-refractivity contribution in [3.05, 3.63) is 46.6 Å². The fourth-order valence-corrected chi connectivity index (χ4v) is 2.60. The van der Waals surface area contributed by atoms with Crippen molar-refractivity contribution in [1.29, 1.82) is 0 Å². The van der Waals surface area contributed by atoms with E-state index in [-0.39, 0.29) is 10.8 Å². The van der Waals surface area contributed by atoms with E-state index >= 15 is 0 Å². The number of rotatable bonds is 1. The van der Waals surface area contributed by atoms with Gasteiger partial charge in [0.2, 0.25) is 0 Å². The first-order chi connectivity index (χ1) is 9.95. The number of halogens is 4. The zero-order chi connectivity index (χ0) is 15.0. The van der Waals surface area contributed by atoms with Crippen molar-refractivity contribution < 1.29 is 17.9 Å². The lowest BCUT2D eigenvalue weighted by atomic mass is 9.99.